The van der Waals surface area contributed by atoms with E-state index in [1.54, 1.807) is 43.6 Å². The third-order valence-corrected chi connectivity index (χ3v) is 4.57. The number of aliphatic imine (C=N–C) groups is 1. The van der Waals surface area contributed by atoms with Gasteiger partial charge in [-0.3, -0.25) is 4.98 Å². The molecular weight excluding hydrogens is 352 g/mol. The number of aliphatic hydroxyl groups is 1. The second-order valence-corrected chi connectivity index (χ2v) is 6.20. The van der Waals surface area contributed by atoms with Crippen LogP contribution in [-0.2, 0) is 9.53 Å². The Morgan fingerprint density at radius 3 is 2.65 bits per heavy atom. The van der Waals surface area contributed by atoms with Crippen molar-refractivity contribution in [2.45, 2.75) is 0 Å². The Morgan fingerprint density at radius 1 is 1.19 bits per heavy atom. The van der Waals surface area contributed by atoms with E-state index < -0.39 is 5.97 Å². The van der Waals surface area contributed by atoms with Gasteiger partial charge in [0, 0.05) is 6.20 Å². The lowest BCUT2D eigenvalue weighted by atomic mass is 10.2. The molecule has 2 heterocycles. The van der Waals surface area contributed by atoms with Gasteiger partial charge in [0.2, 0.25) is 0 Å². The Labute approximate surface area is 154 Å². The van der Waals surface area contributed by atoms with Crippen molar-refractivity contribution in [2.24, 2.45) is 4.99 Å². The first-order valence-electron chi connectivity index (χ1n) is 7.68. The van der Waals surface area contributed by atoms with Crippen LogP contribution in [0.15, 0.2) is 69.9 Å². The van der Waals surface area contributed by atoms with Crippen LogP contribution in [0.5, 0.6) is 5.75 Å². The van der Waals surface area contributed by atoms with Gasteiger partial charge in [-0.15, -0.1) is 0 Å². The number of hydrogen-bond donors (Lipinski definition) is 1. The van der Waals surface area contributed by atoms with Crippen molar-refractivity contribution >= 4 is 34.5 Å². The fourth-order valence-electron chi connectivity index (χ4n) is 2.32. The standard InChI is InChI=1S/C19H16N2O4S/c1-24-14-9-4-3-8-13(14)21-18-16(19(23)25-2)17(22)15(26-18)11-12-7-5-6-10-20-12/h3-11,22H,1-2H3/b15-11+,21-18?. The van der Waals surface area contributed by atoms with Crippen LogP contribution < -0.4 is 4.74 Å². The number of pyridine rings is 1. The zero-order valence-electron chi connectivity index (χ0n) is 14.2. The van der Waals surface area contributed by atoms with Crippen LogP contribution in [0.3, 0.4) is 0 Å². The molecule has 6 nitrogen and oxygen atoms in total. The molecule has 0 spiro atoms. The number of carbonyl (C=O) groups is 1. The van der Waals surface area contributed by atoms with Gasteiger partial charge in [0.15, 0.2) is 0 Å². The molecule has 3 rings (SSSR count). The second kappa shape index (κ2) is 7.88. The Hall–Kier alpha value is -3.06. The van der Waals surface area contributed by atoms with Crippen LogP contribution in [-0.4, -0.2) is 35.3 Å². The summed E-state index contributed by atoms with van der Waals surface area (Å²) in [6.45, 7) is 0. The first-order chi connectivity index (χ1) is 12.6. The number of nitrogens with zero attached hydrogens (tertiary/aromatic N) is 2. The van der Waals surface area contributed by atoms with Crippen molar-refractivity contribution in [3.05, 3.63) is 70.6 Å². The number of benzene rings is 1. The van der Waals surface area contributed by atoms with Gasteiger partial charge in [-0.25, -0.2) is 9.79 Å². The number of hydrogen-bond acceptors (Lipinski definition) is 7. The highest BCUT2D eigenvalue weighted by Gasteiger charge is 2.33. The molecule has 132 valence electrons. The van der Waals surface area contributed by atoms with Crippen molar-refractivity contribution in [2.75, 3.05) is 14.2 Å². The first kappa shape index (κ1) is 17.8. The van der Waals surface area contributed by atoms with E-state index in [9.17, 15) is 9.90 Å². The van der Waals surface area contributed by atoms with E-state index in [4.69, 9.17) is 9.47 Å². The summed E-state index contributed by atoms with van der Waals surface area (Å²) in [5.74, 6) is -0.277. The molecule has 0 amide bonds. The van der Waals surface area contributed by atoms with Crippen LogP contribution in [0.25, 0.3) is 6.08 Å². The average Bonchev–Trinajstić information content (AvgIpc) is 2.97. The summed E-state index contributed by atoms with van der Waals surface area (Å²) in [5.41, 5.74) is 1.22. The summed E-state index contributed by atoms with van der Waals surface area (Å²) in [6, 6.07) is 12.6. The summed E-state index contributed by atoms with van der Waals surface area (Å²) in [5, 5.41) is 10.9. The van der Waals surface area contributed by atoms with Crippen LogP contribution in [0, 0.1) is 0 Å². The number of aliphatic hydroxyl groups excluding tert-OH is 1. The molecule has 0 bridgehead atoms. The summed E-state index contributed by atoms with van der Waals surface area (Å²) < 4.78 is 10.1. The third-order valence-electron chi connectivity index (χ3n) is 3.55. The molecule has 0 aliphatic carbocycles. The van der Waals surface area contributed by atoms with E-state index in [0.29, 0.717) is 27.1 Å². The largest absolute Gasteiger partial charge is 0.506 e. The van der Waals surface area contributed by atoms with E-state index in [1.165, 1.54) is 18.9 Å². The fraction of sp³-hybridized carbons (Fsp3) is 0.105. The van der Waals surface area contributed by atoms with Crippen LogP contribution in [0.1, 0.15) is 5.69 Å². The van der Waals surface area contributed by atoms with Crippen molar-refractivity contribution in [3.63, 3.8) is 0 Å². The molecule has 2 aromatic rings. The summed E-state index contributed by atoms with van der Waals surface area (Å²) >= 11 is 1.17. The normalized spacial score (nSPS) is 17.0. The Kier molecular flexibility index (Phi) is 5.38. The highest BCUT2D eigenvalue weighted by atomic mass is 32.2. The minimum Gasteiger partial charge on any atom is -0.506 e. The highest BCUT2D eigenvalue weighted by molar-refractivity contribution is 8.18. The molecule has 1 aliphatic heterocycles. The summed E-state index contributed by atoms with van der Waals surface area (Å²) in [6.07, 6.45) is 3.34. The number of rotatable bonds is 4. The molecule has 26 heavy (non-hydrogen) atoms. The number of carbonyl (C=O) groups excluding carboxylic acids is 1. The third kappa shape index (κ3) is 3.62. The van der Waals surface area contributed by atoms with E-state index >= 15 is 0 Å². The minimum atomic E-state index is -0.659. The van der Waals surface area contributed by atoms with E-state index in [2.05, 4.69) is 9.98 Å². The van der Waals surface area contributed by atoms with Gasteiger partial charge >= 0.3 is 5.97 Å². The van der Waals surface area contributed by atoms with Gasteiger partial charge in [0.05, 0.1) is 24.8 Å². The van der Waals surface area contributed by atoms with Crippen LogP contribution in [0.4, 0.5) is 5.69 Å². The number of aromatic nitrogens is 1. The predicted molar refractivity (Wildman–Crippen MR) is 102 cm³/mol. The maximum Gasteiger partial charge on any atom is 0.344 e. The van der Waals surface area contributed by atoms with Gasteiger partial charge in [-0.2, -0.15) is 0 Å². The van der Waals surface area contributed by atoms with Gasteiger partial charge in [-0.05, 0) is 30.3 Å². The van der Waals surface area contributed by atoms with Crippen LogP contribution >= 0.6 is 11.8 Å². The Balaban J connectivity index is 2.07. The predicted octanol–water partition coefficient (Wildman–Crippen LogP) is 3.89. The Bertz CT molecular complexity index is 920. The topological polar surface area (TPSA) is 81.0 Å². The fourth-order valence-corrected chi connectivity index (χ4v) is 3.33. The number of ether oxygens (including phenoxy) is 2. The molecule has 1 N–H and O–H groups in total. The number of methoxy groups -OCH3 is 2. The molecule has 0 unspecified atom stereocenters. The van der Waals surface area contributed by atoms with Crippen molar-refractivity contribution in [3.8, 4) is 5.75 Å². The smallest absolute Gasteiger partial charge is 0.344 e. The number of thioether (sulfide) groups is 1. The molecule has 0 saturated heterocycles. The summed E-state index contributed by atoms with van der Waals surface area (Å²) in [7, 11) is 2.80. The molecule has 0 saturated carbocycles. The van der Waals surface area contributed by atoms with Gasteiger partial charge in [-0.1, -0.05) is 30.0 Å². The average molecular weight is 368 g/mol. The number of para-hydroxylation sites is 2. The SMILES string of the molecule is COC(=O)C1=C(O)/C(=C\c2ccccn2)SC1=Nc1ccccc1OC. The molecule has 0 fully saturated rings. The minimum absolute atomic E-state index is 0.0191. The number of esters is 1. The zero-order chi connectivity index (χ0) is 18.5. The summed E-state index contributed by atoms with van der Waals surface area (Å²) in [4.78, 5) is 21.3. The molecule has 1 aromatic heterocycles. The zero-order valence-corrected chi connectivity index (χ0v) is 15.0. The van der Waals surface area contributed by atoms with Gasteiger partial charge in [0.1, 0.15) is 27.8 Å². The maximum atomic E-state index is 12.2. The van der Waals surface area contributed by atoms with E-state index in [1.807, 2.05) is 18.2 Å². The first-order valence-corrected chi connectivity index (χ1v) is 8.50. The molecule has 7 heteroatoms. The van der Waals surface area contributed by atoms with Crippen molar-refractivity contribution < 1.29 is 19.4 Å². The van der Waals surface area contributed by atoms with Crippen molar-refractivity contribution in [1.82, 2.24) is 4.98 Å². The molecule has 0 atom stereocenters. The van der Waals surface area contributed by atoms with E-state index in [0.717, 1.165) is 0 Å². The molecular formula is C19H16N2O4S. The lowest BCUT2D eigenvalue weighted by Gasteiger charge is -2.05. The van der Waals surface area contributed by atoms with Crippen molar-refractivity contribution in [1.29, 1.82) is 0 Å². The lowest BCUT2D eigenvalue weighted by Crippen LogP contribution is -2.10. The highest BCUT2D eigenvalue weighted by Crippen LogP contribution is 2.41. The van der Waals surface area contributed by atoms with Crippen LogP contribution in [0.2, 0.25) is 0 Å². The van der Waals surface area contributed by atoms with Gasteiger partial charge < -0.3 is 14.6 Å². The van der Waals surface area contributed by atoms with E-state index in [-0.39, 0.29) is 11.3 Å². The molecule has 1 aliphatic rings. The second-order valence-electron chi connectivity index (χ2n) is 5.17. The molecule has 0 radical (unpaired) electrons. The Morgan fingerprint density at radius 2 is 1.96 bits per heavy atom. The van der Waals surface area contributed by atoms with Gasteiger partial charge in [0.25, 0.3) is 0 Å². The maximum absolute atomic E-state index is 12.2. The quantitative estimate of drug-likeness (QED) is 0.825. The molecule has 1 aromatic carbocycles. The monoisotopic (exact) mass is 368 g/mol. The lowest BCUT2D eigenvalue weighted by molar-refractivity contribution is -0.135.